The molecule has 0 aromatic heterocycles. The monoisotopic (exact) mass is 378 g/mol. The van der Waals surface area contributed by atoms with Crippen molar-refractivity contribution in [3.8, 4) is 0 Å². The molecule has 8 heteroatoms. The van der Waals surface area contributed by atoms with Gasteiger partial charge in [-0.15, -0.1) is 0 Å². The summed E-state index contributed by atoms with van der Waals surface area (Å²) in [7, 11) is -4.00. The number of rotatable bonds is 4. The van der Waals surface area contributed by atoms with Crippen molar-refractivity contribution in [2.45, 2.75) is 17.9 Å². The van der Waals surface area contributed by atoms with Gasteiger partial charge in [0.05, 0.1) is 11.6 Å². The van der Waals surface area contributed by atoms with Crippen LogP contribution in [-0.2, 0) is 14.8 Å². The summed E-state index contributed by atoms with van der Waals surface area (Å²) in [6.07, 6.45) is 0. The van der Waals surface area contributed by atoms with Gasteiger partial charge in [-0.1, -0.05) is 35.9 Å². The van der Waals surface area contributed by atoms with Gasteiger partial charge in [0, 0.05) is 5.02 Å². The Kier molecular flexibility index (Phi) is 4.53. The van der Waals surface area contributed by atoms with Crippen LogP contribution in [0.15, 0.2) is 53.4 Å². The van der Waals surface area contributed by atoms with Crippen LogP contribution in [0.5, 0.6) is 0 Å². The fourth-order valence-electron chi connectivity index (χ4n) is 2.66. The van der Waals surface area contributed by atoms with Gasteiger partial charge in [-0.05, 0) is 36.8 Å². The molecule has 0 unspecified atom stereocenters. The summed E-state index contributed by atoms with van der Waals surface area (Å²) in [5.74, 6) is -1.27. The van der Waals surface area contributed by atoms with E-state index in [1.165, 1.54) is 18.2 Å². The van der Waals surface area contributed by atoms with Crippen molar-refractivity contribution in [3.63, 3.8) is 0 Å². The molecule has 0 spiro atoms. The molecule has 1 heterocycles. The standard InChI is InChI=1S/C17H15ClN2O4S/c1-11(12-5-4-6-13(18)9-12)19-16(21)10-20-17(22)14-7-2-3-8-15(14)25(20,23)24/h2-9,11H,10H2,1H3,(H,19,21)/t11-/m0/s1. The van der Waals surface area contributed by atoms with Crippen LogP contribution in [0, 0.1) is 0 Å². The zero-order chi connectivity index (χ0) is 18.2. The number of nitrogens with one attached hydrogen (secondary N) is 1. The molecule has 6 nitrogen and oxygen atoms in total. The summed E-state index contributed by atoms with van der Waals surface area (Å²) in [6.45, 7) is 1.18. The maximum Gasteiger partial charge on any atom is 0.269 e. The molecule has 0 aliphatic carbocycles. The van der Waals surface area contributed by atoms with E-state index in [-0.39, 0.29) is 16.5 Å². The lowest BCUT2D eigenvalue weighted by Gasteiger charge is -2.18. The first kappa shape index (κ1) is 17.4. The minimum absolute atomic E-state index is 0.0734. The van der Waals surface area contributed by atoms with Crippen molar-refractivity contribution in [1.29, 1.82) is 0 Å². The van der Waals surface area contributed by atoms with Crippen molar-refractivity contribution < 1.29 is 18.0 Å². The van der Waals surface area contributed by atoms with Crippen LogP contribution < -0.4 is 5.32 Å². The highest BCUT2D eigenvalue weighted by molar-refractivity contribution is 7.90. The van der Waals surface area contributed by atoms with Crippen LogP contribution in [0.2, 0.25) is 5.02 Å². The Balaban J connectivity index is 1.75. The van der Waals surface area contributed by atoms with Gasteiger partial charge in [0.2, 0.25) is 5.91 Å². The number of carbonyl (C=O) groups is 2. The lowest BCUT2D eigenvalue weighted by Crippen LogP contribution is -2.41. The molecule has 0 saturated carbocycles. The highest BCUT2D eigenvalue weighted by Gasteiger charge is 2.41. The fraction of sp³-hybridized carbons (Fsp3) is 0.176. The normalized spacial score (nSPS) is 16.4. The number of benzene rings is 2. The fourth-order valence-corrected chi connectivity index (χ4v) is 4.39. The summed E-state index contributed by atoms with van der Waals surface area (Å²) in [4.78, 5) is 24.5. The van der Waals surface area contributed by atoms with Crippen molar-refractivity contribution in [1.82, 2.24) is 9.62 Å². The summed E-state index contributed by atoms with van der Waals surface area (Å²) in [6, 6.07) is 12.5. The maximum absolute atomic E-state index is 12.4. The molecule has 3 rings (SSSR count). The third kappa shape index (κ3) is 3.25. The molecule has 2 aromatic rings. The average molecular weight is 379 g/mol. The molecule has 25 heavy (non-hydrogen) atoms. The van der Waals surface area contributed by atoms with E-state index in [9.17, 15) is 18.0 Å². The molecular weight excluding hydrogens is 364 g/mol. The van der Waals surface area contributed by atoms with Crippen molar-refractivity contribution in [2.24, 2.45) is 0 Å². The van der Waals surface area contributed by atoms with Crippen molar-refractivity contribution in [3.05, 3.63) is 64.7 Å². The predicted molar refractivity (Wildman–Crippen MR) is 92.7 cm³/mol. The van der Waals surface area contributed by atoms with Crippen LogP contribution in [-0.4, -0.2) is 31.1 Å². The van der Waals surface area contributed by atoms with Crippen molar-refractivity contribution >= 4 is 33.4 Å². The van der Waals surface area contributed by atoms with E-state index in [4.69, 9.17) is 11.6 Å². The number of fused-ring (bicyclic) bond motifs is 1. The molecule has 0 fully saturated rings. The molecule has 2 amide bonds. The highest BCUT2D eigenvalue weighted by atomic mass is 35.5. The third-order valence-electron chi connectivity index (χ3n) is 3.93. The molecule has 1 N–H and O–H groups in total. The Morgan fingerprint density at radius 2 is 1.92 bits per heavy atom. The second-order valence-corrected chi connectivity index (χ2v) is 7.92. The van der Waals surface area contributed by atoms with Crippen LogP contribution in [0.1, 0.15) is 28.9 Å². The molecule has 130 valence electrons. The van der Waals surface area contributed by atoms with Gasteiger partial charge in [0.1, 0.15) is 11.4 Å². The van der Waals surface area contributed by atoms with E-state index in [1.54, 1.807) is 37.3 Å². The molecule has 0 radical (unpaired) electrons. The molecular formula is C17H15ClN2O4S. The van der Waals surface area contributed by atoms with Crippen LogP contribution in [0.25, 0.3) is 0 Å². The Bertz CT molecular complexity index is 959. The molecule has 0 saturated heterocycles. The van der Waals surface area contributed by atoms with Gasteiger partial charge in [0.25, 0.3) is 15.9 Å². The summed E-state index contributed by atoms with van der Waals surface area (Å²) in [5, 5.41) is 3.21. The topological polar surface area (TPSA) is 83.6 Å². The predicted octanol–water partition coefficient (Wildman–Crippen LogP) is 2.36. The lowest BCUT2D eigenvalue weighted by atomic mass is 10.1. The zero-order valence-corrected chi connectivity index (χ0v) is 14.8. The molecule has 1 aliphatic rings. The first-order valence-corrected chi connectivity index (χ1v) is 9.33. The third-order valence-corrected chi connectivity index (χ3v) is 5.95. The van der Waals surface area contributed by atoms with Crippen LogP contribution >= 0.6 is 11.6 Å². The Hall–Kier alpha value is -2.38. The Labute approximate surface area is 150 Å². The SMILES string of the molecule is C[C@H](NC(=O)CN1C(=O)c2ccccc2S1(=O)=O)c1cccc(Cl)c1. The van der Waals surface area contributed by atoms with Gasteiger partial charge in [0.15, 0.2) is 0 Å². The number of hydrogen-bond acceptors (Lipinski definition) is 4. The van der Waals surface area contributed by atoms with Crippen LogP contribution in [0.4, 0.5) is 0 Å². The number of halogens is 1. The van der Waals surface area contributed by atoms with E-state index < -0.39 is 28.4 Å². The van der Waals surface area contributed by atoms with Gasteiger partial charge in [-0.2, -0.15) is 0 Å². The number of sulfonamides is 1. The zero-order valence-electron chi connectivity index (χ0n) is 13.3. The first-order chi connectivity index (χ1) is 11.8. The highest BCUT2D eigenvalue weighted by Crippen LogP contribution is 2.29. The van der Waals surface area contributed by atoms with E-state index in [2.05, 4.69) is 5.32 Å². The second kappa shape index (κ2) is 6.50. The summed E-state index contributed by atoms with van der Waals surface area (Å²) < 4.78 is 25.5. The van der Waals surface area contributed by atoms with E-state index >= 15 is 0 Å². The van der Waals surface area contributed by atoms with Gasteiger partial charge < -0.3 is 5.32 Å². The quantitative estimate of drug-likeness (QED) is 0.885. The maximum atomic E-state index is 12.4. The molecule has 1 atom stereocenters. The van der Waals surface area contributed by atoms with Gasteiger partial charge in [-0.25, -0.2) is 12.7 Å². The minimum Gasteiger partial charge on any atom is -0.348 e. The number of amides is 2. The molecule has 0 bridgehead atoms. The van der Waals surface area contributed by atoms with E-state index in [0.717, 1.165) is 5.56 Å². The van der Waals surface area contributed by atoms with Crippen LogP contribution in [0.3, 0.4) is 0 Å². The smallest absolute Gasteiger partial charge is 0.269 e. The largest absolute Gasteiger partial charge is 0.348 e. The van der Waals surface area contributed by atoms with Gasteiger partial charge in [-0.3, -0.25) is 9.59 Å². The Morgan fingerprint density at radius 3 is 2.60 bits per heavy atom. The molecule has 2 aromatic carbocycles. The number of carbonyl (C=O) groups excluding carboxylic acids is 2. The lowest BCUT2D eigenvalue weighted by molar-refractivity contribution is -0.121. The minimum atomic E-state index is -4.00. The number of hydrogen-bond donors (Lipinski definition) is 1. The van der Waals surface area contributed by atoms with Gasteiger partial charge >= 0.3 is 0 Å². The Morgan fingerprint density at radius 1 is 1.20 bits per heavy atom. The molecule has 1 aliphatic heterocycles. The van der Waals surface area contributed by atoms with Crippen molar-refractivity contribution in [2.75, 3.05) is 6.54 Å². The first-order valence-electron chi connectivity index (χ1n) is 7.51. The second-order valence-electron chi connectivity index (χ2n) is 5.66. The summed E-state index contributed by atoms with van der Waals surface area (Å²) in [5.41, 5.74) is 0.859. The van der Waals surface area contributed by atoms with E-state index in [1.807, 2.05) is 0 Å². The summed E-state index contributed by atoms with van der Waals surface area (Å²) >= 11 is 5.93. The van der Waals surface area contributed by atoms with E-state index in [0.29, 0.717) is 9.33 Å². The number of nitrogens with zero attached hydrogens (tertiary/aromatic N) is 1. The average Bonchev–Trinajstić information content (AvgIpc) is 2.76.